The highest BCUT2D eigenvalue weighted by molar-refractivity contribution is 5.84. The number of ether oxygens (including phenoxy) is 2. The molecule has 26 heavy (non-hydrogen) atoms. The first-order valence-electron chi connectivity index (χ1n) is 9.90. The summed E-state index contributed by atoms with van der Waals surface area (Å²) in [4.78, 5) is 23.2. The number of para-hydroxylation sites is 1. The van der Waals surface area contributed by atoms with Gasteiger partial charge in [-0.15, -0.1) is 0 Å². The minimum Gasteiger partial charge on any atom is -0.461 e. The lowest BCUT2D eigenvalue weighted by atomic mass is 9.87. The van der Waals surface area contributed by atoms with Crippen LogP contribution >= 0.6 is 0 Å². The summed E-state index contributed by atoms with van der Waals surface area (Å²) < 4.78 is 10.5. The van der Waals surface area contributed by atoms with E-state index in [9.17, 15) is 9.59 Å². The van der Waals surface area contributed by atoms with Gasteiger partial charge in [0.25, 0.3) is 0 Å². The van der Waals surface area contributed by atoms with Crippen LogP contribution in [0.1, 0.15) is 64.7 Å². The molecule has 1 aromatic carbocycles. The van der Waals surface area contributed by atoms with Gasteiger partial charge < -0.3 is 9.47 Å². The molecule has 0 saturated carbocycles. The Morgan fingerprint density at radius 1 is 1.04 bits per heavy atom. The number of unbranched alkanes of at least 4 members (excludes halogenated alkanes) is 5. The number of benzene rings is 1. The van der Waals surface area contributed by atoms with E-state index < -0.39 is 6.09 Å². The molecule has 5 heteroatoms. The fourth-order valence-corrected chi connectivity index (χ4v) is 3.22. The maximum absolute atomic E-state index is 11.6. The second-order valence-corrected chi connectivity index (χ2v) is 6.91. The van der Waals surface area contributed by atoms with Gasteiger partial charge >= 0.3 is 12.1 Å². The summed E-state index contributed by atoms with van der Waals surface area (Å²) in [6.07, 6.45) is 9.12. The van der Waals surface area contributed by atoms with Crippen LogP contribution in [0.25, 0.3) is 0 Å². The molecule has 2 unspecified atom stereocenters. The number of cyclic esters (lactones) is 1. The fourth-order valence-electron chi connectivity index (χ4n) is 3.22. The molecule has 0 aliphatic carbocycles. The van der Waals surface area contributed by atoms with Gasteiger partial charge in [-0.1, -0.05) is 50.8 Å². The normalized spacial score (nSPS) is 18.7. The van der Waals surface area contributed by atoms with Crippen molar-refractivity contribution in [1.82, 2.24) is 0 Å². The third-order valence-electron chi connectivity index (χ3n) is 4.77. The standard InChI is InChI=1S/C21H31NO4/c1-2-3-4-9-14-18-19(26-20(18)23)15-10-6-11-16-25-21(24)22-17-12-7-5-8-13-17/h5,7-8,12-13,18-19H,2-4,6,9-11,14-16H2,1H3,(H,22,24). The first kappa shape index (κ1) is 20.3. The van der Waals surface area contributed by atoms with E-state index in [0.717, 1.165) is 44.2 Å². The molecule has 1 N–H and O–H groups in total. The quantitative estimate of drug-likeness (QED) is 0.405. The number of carbonyl (C=O) groups excluding carboxylic acids is 2. The molecule has 1 fully saturated rings. The number of nitrogens with one attached hydrogen (secondary N) is 1. The predicted molar refractivity (Wildman–Crippen MR) is 102 cm³/mol. The summed E-state index contributed by atoms with van der Waals surface area (Å²) >= 11 is 0. The van der Waals surface area contributed by atoms with Crippen LogP contribution in [0.2, 0.25) is 0 Å². The van der Waals surface area contributed by atoms with Crippen molar-refractivity contribution in [2.24, 2.45) is 5.92 Å². The predicted octanol–water partition coefficient (Wildman–Crippen LogP) is 5.31. The van der Waals surface area contributed by atoms with E-state index >= 15 is 0 Å². The van der Waals surface area contributed by atoms with E-state index in [-0.39, 0.29) is 18.0 Å². The van der Waals surface area contributed by atoms with Gasteiger partial charge in [-0.25, -0.2) is 4.79 Å². The highest BCUT2D eigenvalue weighted by Gasteiger charge is 2.40. The molecule has 0 spiro atoms. The largest absolute Gasteiger partial charge is 0.461 e. The number of hydrogen-bond acceptors (Lipinski definition) is 4. The molecule has 0 radical (unpaired) electrons. The van der Waals surface area contributed by atoms with Crippen LogP contribution in [0.3, 0.4) is 0 Å². The van der Waals surface area contributed by atoms with Crippen molar-refractivity contribution >= 4 is 17.7 Å². The van der Waals surface area contributed by atoms with Crippen molar-refractivity contribution in [3.05, 3.63) is 30.3 Å². The van der Waals surface area contributed by atoms with Gasteiger partial charge in [-0.3, -0.25) is 10.1 Å². The van der Waals surface area contributed by atoms with Gasteiger partial charge in [0.05, 0.1) is 12.5 Å². The molecule has 1 aliphatic heterocycles. The number of anilines is 1. The average molecular weight is 361 g/mol. The zero-order valence-electron chi connectivity index (χ0n) is 15.7. The number of carbonyl (C=O) groups is 2. The lowest BCUT2D eigenvalue weighted by molar-refractivity contribution is -0.186. The van der Waals surface area contributed by atoms with E-state index in [1.165, 1.54) is 19.3 Å². The van der Waals surface area contributed by atoms with Gasteiger partial charge in [0.2, 0.25) is 0 Å². The Hall–Kier alpha value is -2.04. The van der Waals surface area contributed by atoms with Gasteiger partial charge in [0, 0.05) is 5.69 Å². The Kier molecular flexibility index (Phi) is 9.01. The second kappa shape index (κ2) is 11.6. The van der Waals surface area contributed by atoms with E-state index in [4.69, 9.17) is 9.47 Å². The van der Waals surface area contributed by atoms with Crippen LogP contribution in [0.4, 0.5) is 10.5 Å². The monoisotopic (exact) mass is 361 g/mol. The Morgan fingerprint density at radius 3 is 2.50 bits per heavy atom. The first-order chi connectivity index (χ1) is 12.7. The van der Waals surface area contributed by atoms with Crippen LogP contribution in [0.5, 0.6) is 0 Å². The van der Waals surface area contributed by atoms with Crippen LogP contribution in [0.15, 0.2) is 30.3 Å². The third kappa shape index (κ3) is 7.06. The Labute approximate surface area is 156 Å². The van der Waals surface area contributed by atoms with E-state index in [0.29, 0.717) is 6.61 Å². The van der Waals surface area contributed by atoms with E-state index in [1.54, 1.807) is 0 Å². The smallest absolute Gasteiger partial charge is 0.411 e. The molecule has 5 nitrogen and oxygen atoms in total. The highest BCUT2D eigenvalue weighted by Crippen LogP contribution is 2.31. The number of hydrogen-bond donors (Lipinski definition) is 1. The van der Waals surface area contributed by atoms with Gasteiger partial charge in [0.1, 0.15) is 6.10 Å². The summed E-state index contributed by atoms with van der Waals surface area (Å²) in [6, 6.07) is 9.26. The van der Waals surface area contributed by atoms with Crippen LogP contribution in [0, 0.1) is 5.92 Å². The lowest BCUT2D eigenvalue weighted by Gasteiger charge is -2.35. The molecule has 1 saturated heterocycles. The molecule has 1 heterocycles. The number of rotatable bonds is 12. The molecule has 0 bridgehead atoms. The van der Waals surface area contributed by atoms with Gasteiger partial charge in [0.15, 0.2) is 0 Å². The number of esters is 1. The van der Waals surface area contributed by atoms with Crippen molar-refractivity contribution in [2.45, 2.75) is 70.8 Å². The molecule has 1 aliphatic rings. The molecule has 2 rings (SSSR count). The first-order valence-corrected chi connectivity index (χ1v) is 9.90. The third-order valence-corrected chi connectivity index (χ3v) is 4.77. The van der Waals surface area contributed by atoms with E-state index in [2.05, 4.69) is 12.2 Å². The lowest BCUT2D eigenvalue weighted by Crippen LogP contribution is -2.44. The van der Waals surface area contributed by atoms with Crippen LogP contribution < -0.4 is 5.32 Å². The molecular weight excluding hydrogens is 330 g/mol. The van der Waals surface area contributed by atoms with Crippen LogP contribution in [-0.4, -0.2) is 24.8 Å². The van der Waals surface area contributed by atoms with E-state index in [1.807, 2.05) is 30.3 Å². The van der Waals surface area contributed by atoms with Crippen LogP contribution in [-0.2, 0) is 14.3 Å². The SMILES string of the molecule is CCCCCCC1C(=O)OC1CCCCCOC(=O)Nc1ccccc1. The minimum atomic E-state index is -0.420. The zero-order valence-corrected chi connectivity index (χ0v) is 15.7. The molecule has 0 aromatic heterocycles. The summed E-state index contributed by atoms with van der Waals surface area (Å²) in [7, 11) is 0. The molecule has 1 amide bonds. The van der Waals surface area contributed by atoms with Crippen molar-refractivity contribution in [1.29, 1.82) is 0 Å². The summed E-state index contributed by atoms with van der Waals surface area (Å²) in [5, 5.41) is 2.69. The maximum atomic E-state index is 11.6. The zero-order chi connectivity index (χ0) is 18.6. The Balaban J connectivity index is 1.48. The second-order valence-electron chi connectivity index (χ2n) is 6.91. The van der Waals surface area contributed by atoms with Gasteiger partial charge in [-0.05, 0) is 44.2 Å². The Bertz CT molecular complexity index is 546. The average Bonchev–Trinajstić information content (AvgIpc) is 2.64. The highest BCUT2D eigenvalue weighted by atomic mass is 16.6. The summed E-state index contributed by atoms with van der Waals surface area (Å²) in [5.74, 6) is 0.0900. The summed E-state index contributed by atoms with van der Waals surface area (Å²) in [5.41, 5.74) is 0.731. The topological polar surface area (TPSA) is 64.6 Å². The molecule has 1 aromatic rings. The van der Waals surface area contributed by atoms with Gasteiger partial charge in [-0.2, -0.15) is 0 Å². The molecule has 144 valence electrons. The minimum absolute atomic E-state index is 0.0209. The van der Waals surface area contributed by atoms with Crippen molar-refractivity contribution < 1.29 is 19.1 Å². The van der Waals surface area contributed by atoms with Crippen molar-refractivity contribution in [2.75, 3.05) is 11.9 Å². The summed E-state index contributed by atoms with van der Waals surface area (Å²) in [6.45, 7) is 2.60. The van der Waals surface area contributed by atoms with Crippen molar-refractivity contribution in [3.63, 3.8) is 0 Å². The maximum Gasteiger partial charge on any atom is 0.411 e. The molecule has 2 atom stereocenters. The molecular formula is C21H31NO4. The Morgan fingerprint density at radius 2 is 1.77 bits per heavy atom. The van der Waals surface area contributed by atoms with Crippen molar-refractivity contribution in [3.8, 4) is 0 Å². The fraction of sp³-hybridized carbons (Fsp3) is 0.619. The number of amides is 1.